The number of nitro groups is 1. The first-order valence-electron chi connectivity index (χ1n) is 10.5. The fourth-order valence-corrected chi connectivity index (χ4v) is 2.25. The lowest BCUT2D eigenvalue weighted by atomic mass is 10.3. The van der Waals surface area contributed by atoms with Gasteiger partial charge in [-0.1, -0.05) is 0 Å². The SMILES string of the molecule is CCOC(=O)CCOCCOCCOCCOCCOCCOc1ccc([N+](=O)[O-])cc1. The van der Waals surface area contributed by atoms with Gasteiger partial charge in [0.25, 0.3) is 5.69 Å². The zero-order chi connectivity index (χ0) is 23.3. The van der Waals surface area contributed by atoms with E-state index in [9.17, 15) is 14.9 Å². The molecule has 0 fully saturated rings. The summed E-state index contributed by atoms with van der Waals surface area (Å²) in [6, 6.07) is 5.89. The lowest BCUT2D eigenvalue weighted by molar-refractivity contribution is -0.384. The first-order chi connectivity index (χ1) is 15.6. The zero-order valence-corrected chi connectivity index (χ0v) is 18.5. The topological polar surface area (TPSA) is 125 Å². The second-order valence-corrected chi connectivity index (χ2v) is 6.22. The molecule has 0 saturated carbocycles. The van der Waals surface area contributed by atoms with Crippen molar-refractivity contribution in [1.29, 1.82) is 0 Å². The molecule has 0 N–H and O–H groups in total. The molecule has 1 aromatic carbocycles. The maximum Gasteiger partial charge on any atom is 0.308 e. The van der Waals surface area contributed by atoms with Gasteiger partial charge in [0.15, 0.2) is 0 Å². The molecule has 0 aromatic heterocycles. The van der Waals surface area contributed by atoms with Crippen molar-refractivity contribution in [1.82, 2.24) is 0 Å². The fourth-order valence-electron chi connectivity index (χ4n) is 2.25. The molecule has 0 aliphatic rings. The molecule has 0 bridgehead atoms. The van der Waals surface area contributed by atoms with Crippen LogP contribution in [0.5, 0.6) is 5.75 Å². The largest absolute Gasteiger partial charge is 0.491 e. The number of ether oxygens (including phenoxy) is 7. The van der Waals surface area contributed by atoms with Gasteiger partial charge in [0.05, 0.1) is 84.0 Å². The van der Waals surface area contributed by atoms with Crippen LogP contribution in [-0.4, -0.2) is 90.2 Å². The molecule has 0 spiro atoms. The molecule has 11 nitrogen and oxygen atoms in total. The highest BCUT2D eigenvalue weighted by molar-refractivity contribution is 5.69. The Hall–Kier alpha value is -2.31. The van der Waals surface area contributed by atoms with Crippen LogP contribution in [0, 0.1) is 10.1 Å². The molecule has 0 aliphatic carbocycles. The van der Waals surface area contributed by atoms with E-state index in [1.165, 1.54) is 12.1 Å². The summed E-state index contributed by atoms with van der Waals surface area (Å²) in [4.78, 5) is 21.2. The Kier molecular flexibility index (Phi) is 16.8. The van der Waals surface area contributed by atoms with Gasteiger partial charge in [-0.25, -0.2) is 0 Å². The molecule has 0 unspecified atom stereocenters. The van der Waals surface area contributed by atoms with Crippen molar-refractivity contribution in [2.45, 2.75) is 13.3 Å². The van der Waals surface area contributed by atoms with Crippen LogP contribution in [0.3, 0.4) is 0 Å². The first kappa shape index (κ1) is 27.7. The second kappa shape index (κ2) is 19.4. The summed E-state index contributed by atoms with van der Waals surface area (Å²) < 4.78 is 37.0. The molecule has 0 radical (unpaired) electrons. The lowest BCUT2D eigenvalue weighted by Crippen LogP contribution is -2.14. The van der Waals surface area contributed by atoms with Gasteiger partial charge in [-0.2, -0.15) is 0 Å². The Bertz CT molecular complexity index is 611. The number of hydrogen-bond acceptors (Lipinski definition) is 10. The van der Waals surface area contributed by atoms with Crippen LogP contribution in [0.2, 0.25) is 0 Å². The first-order valence-corrected chi connectivity index (χ1v) is 10.5. The highest BCUT2D eigenvalue weighted by Crippen LogP contribution is 2.16. The van der Waals surface area contributed by atoms with Crippen molar-refractivity contribution in [3.8, 4) is 5.75 Å². The number of non-ortho nitro benzene ring substituents is 1. The van der Waals surface area contributed by atoms with E-state index in [0.717, 1.165) is 0 Å². The minimum atomic E-state index is -0.457. The average Bonchev–Trinajstić information content (AvgIpc) is 2.78. The molecular weight excluding hydrogens is 426 g/mol. The summed E-state index contributed by atoms with van der Waals surface area (Å²) in [5.74, 6) is 0.294. The molecular formula is C21H33NO10. The van der Waals surface area contributed by atoms with E-state index in [1.807, 2.05) is 0 Å². The monoisotopic (exact) mass is 459 g/mol. The summed E-state index contributed by atoms with van der Waals surface area (Å²) in [7, 11) is 0. The normalized spacial score (nSPS) is 10.8. The zero-order valence-electron chi connectivity index (χ0n) is 18.5. The molecule has 11 heteroatoms. The third-order valence-corrected chi connectivity index (χ3v) is 3.79. The van der Waals surface area contributed by atoms with Gasteiger partial charge in [0, 0.05) is 12.1 Å². The fraction of sp³-hybridized carbons (Fsp3) is 0.667. The Morgan fingerprint density at radius 3 is 1.62 bits per heavy atom. The lowest BCUT2D eigenvalue weighted by Gasteiger charge is -2.08. The number of carbonyl (C=O) groups excluding carboxylic acids is 1. The van der Waals surface area contributed by atoms with Gasteiger partial charge < -0.3 is 33.2 Å². The average molecular weight is 459 g/mol. The Morgan fingerprint density at radius 2 is 1.19 bits per heavy atom. The van der Waals surface area contributed by atoms with Crippen LogP contribution in [0.15, 0.2) is 24.3 Å². The van der Waals surface area contributed by atoms with Crippen molar-refractivity contribution in [3.63, 3.8) is 0 Å². The van der Waals surface area contributed by atoms with Crippen molar-refractivity contribution < 1.29 is 42.9 Å². The van der Waals surface area contributed by atoms with Gasteiger partial charge in [0.2, 0.25) is 0 Å². The number of benzene rings is 1. The molecule has 1 rings (SSSR count). The number of rotatable bonds is 21. The maximum absolute atomic E-state index is 11.1. The Morgan fingerprint density at radius 1 is 0.750 bits per heavy atom. The van der Waals surface area contributed by atoms with E-state index in [4.69, 9.17) is 33.2 Å². The highest BCUT2D eigenvalue weighted by Gasteiger charge is 2.04. The minimum absolute atomic E-state index is 0.0243. The van der Waals surface area contributed by atoms with Crippen molar-refractivity contribution in [3.05, 3.63) is 34.4 Å². The van der Waals surface area contributed by atoms with Crippen LogP contribution >= 0.6 is 0 Å². The Balaban J connectivity index is 1.76. The maximum atomic E-state index is 11.1. The van der Waals surface area contributed by atoms with E-state index in [0.29, 0.717) is 85.0 Å². The van der Waals surface area contributed by atoms with Gasteiger partial charge >= 0.3 is 5.97 Å². The predicted octanol–water partition coefficient (Wildman–Crippen LogP) is 2.01. The third-order valence-electron chi connectivity index (χ3n) is 3.79. The quantitative estimate of drug-likeness (QED) is 0.117. The molecule has 0 heterocycles. The van der Waals surface area contributed by atoms with Gasteiger partial charge in [-0.15, -0.1) is 0 Å². The Labute approximate surface area is 188 Å². The summed E-state index contributed by atoms with van der Waals surface area (Å²) in [5.41, 5.74) is 0.0243. The van der Waals surface area contributed by atoms with Crippen LogP contribution in [0.4, 0.5) is 5.69 Å². The van der Waals surface area contributed by atoms with E-state index >= 15 is 0 Å². The van der Waals surface area contributed by atoms with Crippen LogP contribution in [0.1, 0.15) is 13.3 Å². The summed E-state index contributed by atoms with van der Waals surface area (Å²) in [5, 5.41) is 10.6. The molecule has 0 aliphatic heterocycles. The molecule has 182 valence electrons. The summed E-state index contributed by atoms with van der Waals surface area (Å²) in [6.07, 6.45) is 0.248. The number of carbonyl (C=O) groups is 1. The van der Waals surface area contributed by atoms with E-state index in [-0.39, 0.29) is 18.1 Å². The van der Waals surface area contributed by atoms with Gasteiger partial charge in [-0.3, -0.25) is 14.9 Å². The van der Waals surface area contributed by atoms with Crippen molar-refractivity contribution in [2.75, 3.05) is 79.3 Å². The number of esters is 1. The molecule has 0 atom stereocenters. The standard InChI is InChI=1S/C21H33NO10/c1-2-31-21(23)7-8-26-9-10-27-11-12-28-13-14-29-15-16-30-17-18-32-20-5-3-19(4-6-20)22(24)25/h3-6H,2,7-18H2,1H3. The molecule has 0 amide bonds. The van der Waals surface area contributed by atoms with E-state index < -0.39 is 4.92 Å². The van der Waals surface area contributed by atoms with E-state index in [2.05, 4.69) is 0 Å². The van der Waals surface area contributed by atoms with Crippen LogP contribution < -0.4 is 4.74 Å². The molecule has 32 heavy (non-hydrogen) atoms. The van der Waals surface area contributed by atoms with E-state index in [1.54, 1.807) is 19.1 Å². The molecule has 0 saturated heterocycles. The van der Waals surface area contributed by atoms with Crippen molar-refractivity contribution in [2.24, 2.45) is 0 Å². The predicted molar refractivity (Wildman–Crippen MR) is 114 cm³/mol. The number of hydrogen-bond donors (Lipinski definition) is 0. The third kappa shape index (κ3) is 15.5. The number of nitrogens with zero attached hydrogens (tertiary/aromatic N) is 1. The summed E-state index contributed by atoms with van der Waals surface area (Å²) in [6.45, 7) is 6.78. The van der Waals surface area contributed by atoms with Crippen LogP contribution in [-0.2, 0) is 33.2 Å². The second-order valence-electron chi connectivity index (χ2n) is 6.22. The smallest absolute Gasteiger partial charge is 0.308 e. The van der Waals surface area contributed by atoms with Gasteiger partial charge in [0.1, 0.15) is 12.4 Å². The van der Waals surface area contributed by atoms with Crippen LogP contribution in [0.25, 0.3) is 0 Å². The summed E-state index contributed by atoms with van der Waals surface area (Å²) >= 11 is 0. The minimum Gasteiger partial charge on any atom is -0.491 e. The van der Waals surface area contributed by atoms with Gasteiger partial charge in [-0.05, 0) is 19.1 Å². The molecule has 1 aromatic rings. The van der Waals surface area contributed by atoms with Crippen molar-refractivity contribution >= 4 is 11.7 Å². The highest BCUT2D eigenvalue weighted by atomic mass is 16.6. The number of nitro benzene ring substituents is 1.